The van der Waals surface area contributed by atoms with Crippen LogP contribution < -0.4 is 4.72 Å². The van der Waals surface area contributed by atoms with Crippen LogP contribution in [0.15, 0.2) is 12.7 Å². The van der Waals surface area contributed by atoms with Crippen LogP contribution in [0.1, 0.15) is 6.42 Å². The van der Waals surface area contributed by atoms with Gasteiger partial charge in [-0.1, -0.05) is 6.08 Å². The summed E-state index contributed by atoms with van der Waals surface area (Å²) in [4.78, 5) is 10.0. The zero-order chi connectivity index (χ0) is 9.61. The third-order valence-corrected chi connectivity index (χ3v) is 2.38. The maximum Gasteiger partial charge on any atom is 0.304 e. The molecule has 0 aromatic carbocycles. The molecule has 0 saturated heterocycles. The van der Waals surface area contributed by atoms with Crippen molar-refractivity contribution in [1.29, 1.82) is 0 Å². The molecular formula is C6H11NO4S. The standard InChI is InChI=1S/C6H11NO4S/c1-2-4-7-12(10,11)5-3-6(8)9/h2,7H,1,3-5H2,(H,8,9). The predicted molar refractivity (Wildman–Crippen MR) is 44.2 cm³/mol. The van der Waals surface area contributed by atoms with Crippen LogP contribution in [0.4, 0.5) is 0 Å². The fourth-order valence-corrected chi connectivity index (χ4v) is 1.44. The molecule has 0 aromatic rings. The average Bonchev–Trinajstić information content (AvgIpc) is 1.98. The normalized spacial score (nSPS) is 11.0. The van der Waals surface area contributed by atoms with E-state index in [1.165, 1.54) is 6.08 Å². The highest BCUT2D eigenvalue weighted by Crippen LogP contribution is 1.88. The van der Waals surface area contributed by atoms with Gasteiger partial charge in [0.1, 0.15) is 0 Å². The largest absolute Gasteiger partial charge is 0.481 e. The third-order valence-electron chi connectivity index (χ3n) is 1.03. The second-order valence-corrected chi connectivity index (χ2v) is 4.03. The lowest BCUT2D eigenvalue weighted by Crippen LogP contribution is -2.27. The van der Waals surface area contributed by atoms with E-state index in [4.69, 9.17) is 5.11 Å². The van der Waals surface area contributed by atoms with Gasteiger partial charge in [-0.15, -0.1) is 6.58 Å². The van der Waals surface area contributed by atoms with Crippen molar-refractivity contribution in [2.45, 2.75) is 6.42 Å². The highest BCUT2D eigenvalue weighted by atomic mass is 32.2. The van der Waals surface area contributed by atoms with Gasteiger partial charge in [0.15, 0.2) is 0 Å². The van der Waals surface area contributed by atoms with Crippen molar-refractivity contribution < 1.29 is 18.3 Å². The van der Waals surface area contributed by atoms with Crippen molar-refractivity contribution in [3.05, 3.63) is 12.7 Å². The Labute approximate surface area is 71.1 Å². The van der Waals surface area contributed by atoms with E-state index in [2.05, 4.69) is 11.3 Å². The van der Waals surface area contributed by atoms with Gasteiger partial charge in [-0.05, 0) is 0 Å². The van der Waals surface area contributed by atoms with Crippen LogP contribution in [0.25, 0.3) is 0 Å². The fourth-order valence-electron chi connectivity index (χ4n) is 0.480. The Balaban J connectivity index is 3.88. The molecule has 0 spiro atoms. The molecule has 6 heteroatoms. The van der Waals surface area contributed by atoms with Gasteiger partial charge in [-0.2, -0.15) is 0 Å². The van der Waals surface area contributed by atoms with Gasteiger partial charge >= 0.3 is 5.97 Å². The van der Waals surface area contributed by atoms with Crippen molar-refractivity contribution in [2.75, 3.05) is 12.3 Å². The summed E-state index contributed by atoms with van der Waals surface area (Å²) in [5.74, 6) is -1.52. The number of hydrogen-bond donors (Lipinski definition) is 2. The van der Waals surface area contributed by atoms with Gasteiger partial charge in [-0.3, -0.25) is 4.79 Å². The van der Waals surface area contributed by atoms with E-state index in [9.17, 15) is 13.2 Å². The Morgan fingerprint density at radius 1 is 1.58 bits per heavy atom. The lowest BCUT2D eigenvalue weighted by Gasteiger charge is -2.01. The maximum absolute atomic E-state index is 10.9. The summed E-state index contributed by atoms with van der Waals surface area (Å²) in [5, 5.41) is 8.19. The summed E-state index contributed by atoms with van der Waals surface area (Å²) in [7, 11) is -3.44. The summed E-state index contributed by atoms with van der Waals surface area (Å²) in [5.41, 5.74) is 0. The number of carboxylic acid groups (broad SMARTS) is 1. The summed E-state index contributed by atoms with van der Waals surface area (Å²) >= 11 is 0. The molecule has 0 aliphatic carbocycles. The van der Waals surface area contributed by atoms with Gasteiger partial charge in [0.05, 0.1) is 12.2 Å². The Morgan fingerprint density at radius 2 is 2.17 bits per heavy atom. The molecule has 5 nitrogen and oxygen atoms in total. The van der Waals surface area contributed by atoms with Crippen molar-refractivity contribution in [1.82, 2.24) is 4.72 Å². The molecule has 0 atom stereocenters. The Morgan fingerprint density at radius 3 is 2.58 bits per heavy atom. The zero-order valence-corrected chi connectivity index (χ0v) is 7.30. The van der Waals surface area contributed by atoms with E-state index in [1.54, 1.807) is 0 Å². The molecule has 0 radical (unpaired) electrons. The molecule has 12 heavy (non-hydrogen) atoms. The smallest absolute Gasteiger partial charge is 0.304 e. The molecule has 70 valence electrons. The molecule has 0 saturated carbocycles. The Bertz CT molecular complexity index is 257. The second-order valence-electron chi connectivity index (χ2n) is 2.10. The summed E-state index contributed by atoms with van der Waals surface area (Å²) in [6.45, 7) is 3.44. The summed E-state index contributed by atoms with van der Waals surface area (Å²) in [6.07, 6.45) is 1.00. The van der Waals surface area contributed by atoms with Crippen LogP contribution in [-0.2, 0) is 14.8 Å². The van der Waals surface area contributed by atoms with Crippen molar-refractivity contribution in [3.8, 4) is 0 Å². The SMILES string of the molecule is C=CCNS(=O)(=O)CCC(=O)O. The monoisotopic (exact) mass is 193 g/mol. The maximum atomic E-state index is 10.9. The van der Waals surface area contributed by atoms with E-state index in [1.807, 2.05) is 0 Å². The van der Waals surface area contributed by atoms with E-state index in [0.29, 0.717) is 0 Å². The van der Waals surface area contributed by atoms with Gasteiger partial charge in [0.2, 0.25) is 10.0 Å². The minimum absolute atomic E-state index is 0.127. The van der Waals surface area contributed by atoms with Crippen LogP contribution in [-0.4, -0.2) is 31.8 Å². The Hall–Kier alpha value is -0.880. The molecule has 0 aliphatic rings. The van der Waals surface area contributed by atoms with Gasteiger partial charge in [0.25, 0.3) is 0 Å². The number of sulfonamides is 1. The number of hydrogen-bond acceptors (Lipinski definition) is 3. The quantitative estimate of drug-likeness (QED) is 0.560. The van der Waals surface area contributed by atoms with E-state index < -0.39 is 21.7 Å². The zero-order valence-electron chi connectivity index (χ0n) is 6.49. The molecule has 0 aliphatic heterocycles. The molecule has 0 fully saturated rings. The van der Waals surface area contributed by atoms with Crippen molar-refractivity contribution in [3.63, 3.8) is 0 Å². The molecule has 0 bridgehead atoms. The molecule has 2 N–H and O–H groups in total. The van der Waals surface area contributed by atoms with Crippen LogP contribution >= 0.6 is 0 Å². The van der Waals surface area contributed by atoms with Crippen LogP contribution in [0.3, 0.4) is 0 Å². The first-order valence-corrected chi connectivity index (χ1v) is 4.93. The van der Waals surface area contributed by atoms with Crippen molar-refractivity contribution in [2.24, 2.45) is 0 Å². The van der Waals surface area contributed by atoms with Gasteiger partial charge in [-0.25, -0.2) is 13.1 Å². The minimum Gasteiger partial charge on any atom is -0.481 e. The first kappa shape index (κ1) is 11.1. The Kier molecular flexibility index (Phi) is 4.53. The van der Waals surface area contributed by atoms with E-state index >= 15 is 0 Å². The third kappa shape index (κ3) is 5.87. The van der Waals surface area contributed by atoms with E-state index in [0.717, 1.165) is 0 Å². The van der Waals surface area contributed by atoms with Gasteiger partial charge in [0, 0.05) is 6.54 Å². The number of carboxylic acids is 1. The first-order valence-electron chi connectivity index (χ1n) is 3.28. The summed E-state index contributed by atoms with van der Waals surface area (Å²) < 4.78 is 23.9. The van der Waals surface area contributed by atoms with Crippen molar-refractivity contribution >= 4 is 16.0 Å². The molecule has 0 aromatic heterocycles. The number of carbonyl (C=O) groups is 1. The lowest BCUT2D eigenvalue weighted by molar-refractivity contribution is -0.136. The molecular weight excluding hydrogens is 182 g/mol. The second kappa shape index (κ2) is 4.89. The van der Waals surface area contributed by atoms with Crippen LogP contribution in [0.2, 0.25) is 0 Å². The minimum atomic E-state index is -3.44. The highest BCUT2D eigenvalue weighted by Gasteiger charge is 2.10. The van der Waals surface area contributed by atoms with Crippen LogP contribution in [0.5, 0.6) is 0 Å². The highest BCUT2D eigenvalue weighted by molar-refractivity contribution is 7.89. The molecule has 0 unspecified atom stereocenters. The predicted octanol–water partition coefficient (Wildman–Crippen LogP) is -0.434. The lowest BCUT2D eigenvalue weighted by atomic mass is 10.5. The van der Waals surface area contributed by atoms with E-state index in [-0.39, 0.29) is 13.0 Å². The fraction of sp³-hybridized carbons (Fsp3) is 0.500. The number of aliphatic carboxylic acids is 1. The summed E-state index contributed by atoms with van der Waals surface area (Å²) in [6, 6.07) is 0. The average molecular weight is 193 g/mol. The molecule has 0 rings (SSSR count). The topological polar surface area (TPSA) is 83.5 Å². The van der Waals surface area contributed by atoms with Gasteiger partial charge < -0.3 is 5.11 Å². The van der Waals surface area contributed by atoms with Crippen LogP contribution in [0, 0.1) is 0 Å². The number of rotatable bonds is 6. The first-order chi connectivity index (χ1) is 5.48. The number of nitrogens with one attached hydrogen (secondary N) is 1. The molecule has 0 heterocycles. The molecule has 0 amide bonds.